The van der Waals surface area contributed by atoms with Crippen molar-refractivity contribution in [1.29, 1.82) is 0 Å². The Hall–Kier alpha value is -1.13. The number of rotatable bonds is 5. The summed E-state index contributed by atoms with van der Waals surface area (Å²) in [6.45, 7) is 2.42. The third-order valence-corrected chi connectivity index (χ3v) is 2.70. The molecule has 90 valence electrons. The molecule has 1 aromatic carbocycles. The number of aliphatic hydroxyl groups excluding tert-OH is 1. The van der Waals surface area contributed by atoms with Crippen LogP contribution in [0, 0.1) is 5.82 Å². The van der Waals surface area contributed by atoms with Gasteiger partial charge in [0.1, 0.15) is 11.6 Å². The normalized spacial score (nSPS) is 12.9. The molecule has 0 heterocycles. The number of nitrogens with zero attached hydrogens (tertiary/aromatic N) is 1. The van der Waals surface area contributed by atoms with Gasteiger partial charge in [-0.2, -0.15) is 0 Å². The van der Waals surface area contributed by atoms with Crippen molar-refractivity contribution in [1.82, 2.24) is 4.90 Å². The van der Waals surface area contributed by atoms with E-state index in [1.807, 2.05) is 18.9 Å². The molecule has 0 saturated carbocycles. The largest absolute Gasteiger partial charge is 0.497 e. The highest BCUT2D eigenvalue weighted by molar-refractivity contribution is 5.28. The zero-order valence-corrected chi connectivity index (χ0v) is 9.90. The fraction of sp³-hybridized carbons (Fsp3) is 0.500. The van der Waals surface area contributed by atoms with Crippen LogP contribution in [0.2, 0.25) is 0 Å². The van der Waals surface area contributed by atoms with Crippen LogP contribution in [0.5, 0.6) is 5.75 Å². The van der Waals surface area contributed by atoms with Crippen LogP contribution in [0.4, 0.5) is 4.39 Å². The molecule has 1 aromatic rings. The Kier molecular flexibility index (Phi) is 4.71. The molecule has 0 spiro atoms. The Balaban J connectivity index is 2.74. The van der Waals surface area contributed by atoms with Gasteiger partial charge in [0.05, 0.1) is 13.7 Å². The van der Waals surface area contributed by atoms with Crippen LogP contribution < -0.4 is 4.74 Å². The van der Waals surface area contributed by atoms with Crippen molar-refractivity contribution in [2.24, 2.45) is 0 Å². The number of halogens is 1. The van der Waals surface area contributed by atoms with Crippen LogP contribution >= 0.6 is 0 Å². The summed E-state index contributed by atoms with van der Waals surface area (Å²) < 4.78 is 18.5. The first-order valence-corrected chi connectivity index (χ1v) is 5.22. The fourth-order valence-electron chi connectivity index (χ4n) is 1.35. The predicted octanol–water partition coefficient (Wildman–Crippen LogP) is 1.65. The third-order valence-electron chi connectivity index (χ3n) is 2.70. The molecule has 1 rings (SSSR count). The number of benzene rings is 1. The molecule has 0 amide bonds. The van der Waals surface area contributed by atoms with E-state index in [9.17, 15) is 4.39 Å². The van der Waals surface area contributed by atoms with Crippen LogP contribution in [0.25, 0.3) is 0 Å². The lowest BCUT2D eigenvalue weighted by molar-refractivity contribution is 0.153. The summed E-state index contributed by atoms with van der Waals surface area (Å²) in [5.41, 5.74) is 0.601. The molecule has 1 atom stereocenters. The van der Waals surface area contributed by atoms with Crippen LogP contribution in [0.15, 0.2) is 18.2 Å². The molecule has 16 heavy (non-hydrogen) atoms. The Morgan fingerprint density at radius 3 is 2.69 bits per heavy atom. The zero-order valence-electron chi connectivity index (χ0n) is 9.90. The van der Waals surface area contributed by atoms with Crippen molar-refractivity contribution in [2.75, 3.05) is 20.8 Å². The lowest BCUT2D eigenvalue weighted by Crippen LogP contribution is -2.31. The SMILES string of the molecule is COc1ccc(CN(C)C(C)CO)c(F)c1. The second-order valence-electron chi connectivity index (χ2n) is 3.90. The molecule has 0 aliphatic rings. The van der Waals surface area contributed by atoms with Crippen molar-refractivity contribution in [2.45, 2.75) is 19.5 Å². The summed E-state index contributed by atoms with van der Waals surface area (Å²) >= 11 is 0. The van der Waals surface area contributed by atoms with Crippen LogP contribution in [0.3, 0.4) is 0 Å². The van der Waals surface area contributed by atoms with E-state index in [1.54, 1.807) is 12.1 Å². The Morgan fingerprint density at radius 2 is 2.19 bits per heavy atom. The highest BCUT2D eigenvalue weighted by Gasteiger charge is 2.11. The molecule has 0 saturated heterocycles. The smallest absolute Gasteiger partial charge is 0.131 e. The maximum absolute atomic E-state index is 13.6. The van der Waals surface area contributed by atoms with Crippen molar-refractivity contribution < 1.29 is 14.2 Å². The van der Waals surface area contributed by atoms with E-state index in [0.29, 0.717) is 17.9 Å². The molecule has 1 unspecified atom stereocenters. The van der Waals surface area contributed by atoms with Gasteiger partial charge in [0.25, 0.3) is 0 Å². The average Bonchev–Trinajstić information content (AvgIpc) is 2.30. The van der Waals surface area contributed by atoms with Crippen LogP contribution in [-0.4, -0.2) is 36.8 Å². The first kappa shape index (κ1) is 12.9. The van der Waals surface area contributed by atoms with Crippen molar-refractivity contribution in [3.05, 3.63) is 29.6 Å². The van der Waals surface area contributed by atoms with E-state index in [4.69, 9.17) is 9.84 Å². The summed E-state index contributed by atoms with van der Waals surface area (Å²) in [4.78, 5) is 1.89. The summed E-state index contributed by atoms with van der Waals surface area (Å²) in [5.74, 6) is 0.232. The number of methoxy groups -OCH3 is 1. The number of likely N-dealkylation sites (N-methyl/N-ethyl adjacent to an activating group) is 1. The third kappa shape index (κ3) is 3.18. The topological polar surface area (TPSA) is 32.7 Å². The second-order valence-corrected chi connectivity index (χ2v) is 3.90. The summed E-state index contributed by atoms with van der Waals surface area (Å²) in [6.07, 6.45) is 0. The monoisotopic (exact) mass is 227 g/mol. The van der Waals surface area contributed by atoms with E-state index in [-0.39, 0.29) is 18.5 Å². The van der Waals surface area contributed by atoms with Crippen molar-refractivity contribution in [3.8, 4) is 5.75 Å². The van der Waals surface area contributed by atoms with E-state index < -0.39 is 0 Å². The molecule has 0 bridgehead atoms. The Labute approximate surface area is 95.5 Å². The highest BCUT2D eigenvalue weighted by Crippen LogP contribution is 2.17. The quantitative estimate of drug-likeness (QED) is 0.830. The Morgan fingerprint density at radius 1 is 1.50 bits per heavy atom. The second kappa shape index (κ2) is 5.82. The van der Waals surface area contributed by atoms with E-state index in [1.165, 1.54) is 13.2 Å². The first-order chi connectivity index (χ1) is 7.58. The molecule has 0 radical (unpaired) electrons. The van der Waals surface area contributed by atoms with E-state index in [0.717, 1.165) is 0 Å². The molecule has 0 aliphatic carbocycles. The van der Waals surface area contributed by atoms with Crippen molar-refractivity contribution >= 4 is 0 Å². The zero-order chi connectivity index (χ0) is 12.1. The van der Waals surface area contributed by atoms with Gasteiger partial charge in [0.15, 0.2) is 0 Å². The minimum absolute atomic E-state index is 0.0153. The average molecular weight is 227 g/mol. The molecule has 0 aromatic heterocycles. The minimum Gasteiger partial charge on any atom is -0.497 e. The van der Waals surface area contributed by atoms with Gasteiger partial charge in [0, 0.05) is 24.2 Å². The summed E-state index contributed by atoms with van der Waals surface area (Å²) in [6, 6.07) is 4.82. The minimum atomic E-state index is -0.281. The molecule has 0 aliphatic heterocycles. The van der Waals surface area contributed by atoms with E-state index in [2.05, 4.69) is 0 Å². The van der Waals surface area contributed by atoms with Gasteiger partial charge in [-0.1, -0.05) is 6.07 Å². The summed E-state index contributed by atoms with van der Waals surface area (Å²) in [7, 11) is 3.36. The number of hydrogen-bond donors (Lipinski definition) is 1. The van der Waals surface area contributed by atoms with E-state index >= 15 is 0 Å². The number of ether oxygens (including phenoxy) is 1. The number of hydrogen-bond acceptors (Lipinski definition) is 3. The van der Waals surface area contributed by atoms with Gasteiger partial charge in [-0.25, -0.2) is 4.39 Å². The predicted molar refractivity (Wildman–Crippen MR) is 61.0 cm³/mol. The maximum Gasteiger partial charge on any atom is 0.131 e. The molecular weight excluding hydrogens is 209 g/mol. The van der Waals surface area contributed by atoms with Gasteiger partial charge in [-0.3, -0.25) is 4.90 Å². The van der Waals surface area contributed by atoms with Gasteiger partial charge < -0.3 is 9.84 Å². The highest BCUT2D eigenvalue weighted by atomic mass is 19.1. The molecule has 4 heteroatoms. The molecular formula is C12H18FNO2. The summed E-state index contributed by atoms with van der Waals surface area (Å²) in [5, 5.41) is 8.98. The van der Waals surface area contributed by atoms with Crippen molar-refractivity contribution in [3.63, 3.8) is 0 Å². The Bertz CT molecular complexity index is 344. The number of aliphatic hydroxyl groups is 1. The maximum atomic E-state index is 13.6. The molecule has 0 fully saturated rings. The van der Waals surface area contributed by atoms with Gasteiger partial charge in [-0.05, 0) is 20.0 Å². The van der Waals surface area contributed by atoms with Gasteiger partial charge in [-0.15, -0.1) is 0 Å². The molecule has 1 N–H and O–H groups in total. The van der Waals surface area contributed by atoms with Crippen LogP contribution in [-0.2, 0) is 6.54 Å². The fourth-order valence-corrected chi connectivity index (χ4v) is 1.35. The lowest BCUT2D eigenvalue weighted by Gasteiger charge is -2.23. The lowest BCUT2D eigenvalue weighted by atomic mass is 10.1. The first-order valence-electron chi connectivity index (χ1n) is 5.22. The molecule has 3 nitrogen and oxygen atoms in total. The van der Waals surface area contributed by atoms with Crippen LogP contribution in [0.1, 0.15) is 12.5 Å². The van der Waals surface area contributed by atoms with Gasteiger partial charge >= 0.3 is 0 Å². The van der Waals surface area contributed by atoms with Gasteiger partial charge in [0.2, 0.25) is 0 Å². The standard InChI is InChI=1S/C12H18FNO2/c1-9(8-15)14(2)7-10-4-5-11(16-3)6-12(10)13/h4-6,9,15H,7-8H2,1-3H3.